The largest absolute Gasteiger partial charge is 0.454 e. The van der Waals surface area contributed by atoms with Gasteiger partial charge in [0.25, 0.3) is 0 Å². The molecule has 28 heavy (non-hydrogen) atoms. The second kappa shape index (κ2) is 7.30. The number of benzene rings is 2. The van der Waals surface area contributed by atoms with Crippen LogP contribution in [-0.2, 0) is 4.74 Å². The van der Waals surface area contributed by atoms with Crippen molar-refractivity contribution in [3.8, 4) is 11.5 Å². The minimum absolute atomic E-state index is 0.172. The molecule has 0 spiro atoms. The fourth-order valence-electron chi connectivity index (χ4n) is 3.09. The molecule has 2 aromatic carbocycles. The number of urea groups is 1. The molecule has 2 aliphatic heterocycles. The number of nitrogens with zero attached hydrogens (tertiary/aromatic N) is 1. The highest BCUT2D eigenvalue weighted by molar-refractivity contribution is 5.91. The monoisotopic (exact) mass is 383 g/mol. The Hall–Kier alpha value is -3.42. The number of hydrogen-bond donors (Lipinski definition) is 2. The van der Waals surface area contributed by atoms with Crippen LogP contribution in [0.15, 0.2) is 36.4 Å². The van der Waals surface area contributed by atoms with Gasteiger partial charge in [-0.05, 0) is 49.2 Å². The number of carbonyl (C=O) groups is 2. The van der Waals surface area contributed by atoms with Crippen LogP contribution in [0.2, 0.25) is 0 Å². The molecule has 1 unspecified atom stereocenters. The molecule has 2 aliphatic rings. The van der Waals surface area contributed by atoms with Crippen LogP contribution in [0.25, 0.3) is 0 Å². The minimum atomic E-state index is -0.458. The third kappa shape index (κ3) is 3.66. The maximum Gasteiger partial charge on any atom is 0.414 e. The zero-order valence-corrected chi connectivity index (χ0v) is 15.7. The van der Waals surface area contributed by atoms with Gasteiger partial charge in [0.2, 0.25) is 6.79 Å². The summed E-state index contributed by atoms with van der Waals surface area (Å²) in [6.07, 6.45) is -0.899. The summed E-state index contributed by atoms with van der Waals surface area (Å²) in [5.74, 6) is 1.25. The third-order valence-electron chi connectivity index (χ3n) is 4.80. The molecular formula is C20H21N3O5. The maximum absolute atomic E-state index is 12.2. The Labute approximate surface area is 162 Å². The normalized spacial score (nSPS) is 17.4. The number of carbonyl (C=O) groups excluding carboxylic acids is 2. The summed E-state index contributed by atoms with van der Waals surface area (Å²) in [7, 11) is 0. The van der Waals surface area contributed by atoms with Gasteiger partial charge in [-0.25, -0.2) is 9.59 Å². The van der Waals surface area contributed by atoms with E-state index in [9.17, 15) is 9.59 Å². The van der Waals surface area contributed by atoms with Gasteiger partial charge in [-0.2, -0.15) is 0 Å². The van der Waals surface area contributed by atoms with Crippen molar-refractivity contribution in [1.29, 1.82) is 0 Å². The lowest BCUT2D eigenvalue weighted by Crippen LogP contribution is -2.37. The minimum Gasteiger partial charge on any atom is -0.454 e. The maximum atomic E-state index is 12.2. The van der Waals surface area contributed by atoms with Crippen molar-refractivity contribution in [3.05, 3.63) is 47.5 Å². The second-order valence-corrected chi connectivity index (χ2v) is 6.79. The molecule has 0 saturated carbocycles. The van der Waals surface area contributed by atoms with E-state index in [1.165, 1.54) is 4.90 Å². The van der Waals surface area contributed by atoms with E-state index in [0.717, 1.165) is 11.1 Å². The Morgan fingerprint density at radius 1 is 1.11 bits per heavy atom. The third-order valence-corrected chi connectivity index (χ3v) is 4.80. The number of amides is 3. The highest BCUT2D eigenvalue weighted by atomic mass is 16.7. The summed E-state index contributed by atoms with van der Waals surface area (Å²) in [6, 6.07) is 10.6. The summed E-state index contributed by atoms with van der Waals surface area (Å²) in [5, 5.41) is 5.52. The van der Waals surface area contributed by atoms with Crippen LogP contribution in [0, 0.1) is 13.8 Å². The Morgan fingerprint density at radius 3 is 2.75 bits per heavy atom. The van der Waals surface area contributed by atoms with Crippen molar-refractivity contribution in [1.82, 2.24) is 5.32 Å². The number of rotatable bonds is 4. The molecule has 0 bridgehead atoms. The van der Waals surface area contributed by atoms with E-state index in [1.807, 2.05) is 32.0 Å². The SMILES string of the molecule is Cc1ccc(NC(=O)NCC2CN(c3ccc4c(c3)OCO4)C(=O)O2)cc1C. The van der Waals surface area contributed by atoms with E-state index in [-0.39, 0.29) is 19.4 Å². The number of aryl methyl sites for hydroxylation is 2. The Kier molecular flexibility index (Phi) is 4.68. The molecule has 4 rings (SSSR count). The van der Waals surface area contributed by atoms with Crippen molar-refractivity contribution in [3.63, 3.8) is 0 Å². The fourth-order valence-corrected chi connectivity index (χ4v) is 3.09. The summed E-state index contributed by atoms with van der Waals surface area (Å²) >= 11 is 0. The lowest BCUT2D eigenvalue weighted by molar-refractivity contribution is 0.141. The van der Waals surface area contributed by atoms with Gasteiger partial charge >= 0.3 is 12.1 Å². The average molecular weight is 383 g/mol. The molecule has 0 radical (unpaired) electrons. The molecule has 2 N–H and O–H groups in total. The summed E-state index contributed by atoms with van der Waals surface area (Å²) in [5.41, 5.74) is 3.64. The van der Waals surface area contributed by atoms with E-state index < -0.39 is 12.2 Å². The Morgan fingerprint density at radius 2 is 1.93 bits per heavy atom. The van der Waals surface area contributed by atoms with Gasteiger partial charge in [0.15, 0.2) is 11.5 Å². The fraction of sp³-hybridized carbons (Fsp3) is 0.300. The number of cyclic esters (lactones) is 1. The molecule has 2 heterocycles. The summed E-state index contributed by atoms with van der Waals surface area (Å²) in [6.45, 7) is 4.72. The Bertz CT molecular complexity index is 930. The van der Waals surface area contributed by atoms with Crippen molar-refractivity contribution in [2.24, 2.45) is 0 Å². The standard InChI is InChI=1S/C20H21N3O5/c1-12-3-4-14(7-13(12)2)22-19(24)21-9-16-10-23(20(25)28-16)15-5-6-17-18(8-15)27-11-26-17/h3-8,16H,9-11H2,1-2H3,(H2,21,22,24). The number of hydrogen-bond acceptors (Lipinski definition) is 5. The zero-order chi connectivity index (χ0) is 19.7. The topological polar surface area (TPSA) is 89.1 Å². The number of anilines is 2. The number of fused-ring (bicyclic) bond motifs is 1. The lowest BCUT2D eigenvalue weighted by atomic mass is 10.1. The van der Waals surface area contributed by atoms with Crippen LogP contribution >= 0.6 is 0 Å². The van der Waals surface area contributed by atoms with E-state index in [1.54, 1.807) is 18.2 Å². The van der Waals surface area contributed by atoms with E-state index in [4.69, 9.17) is 14.2 Å². The molecule has 146 valence electrons. The molecule has 2 aromatic rings. The van der Waals surface area contributed by atoms with E-state index in [2.05, 4.69) is 10.6 Å². The van der Waals surface area contributed by atoms with Crippen molar-refractivity contribution in [2.45, 2.75) is 20.0 Å². The summed E-state index contributed by atoms with van der Waals surface area (Å²) < 4.78 is 16.0. The van der Waals surface area contributed by atoms with E-state index in [0.29, 0.717) is 29.4 Å². The van der Waals surface area contributed by atoms with Crippen molar-refractivity contribution in [2.75, 3.05) is 30.1 Å². The molecule has 0 aliphatic carbocycles. The molecule has 8 nitrogen and oxygen atoms in total. The van der Waals surface area contributed by atoms with Crippen LogP contribution in [0.1, 0.15) is 11.1 Å². The Balaban J connectivity index is 1.32. The summed E-state index contributed by atoms with van der Waals surface area (Å²) in [4.78, 5) is 25.8. The lowest BCUT2D eigenvalue weighted by Gasteiger charge is -2.14. The van der Waals surface area contributed by atoms with Crippen LogP contribution in [0.4, 0.5) is 21.0 Å². The van der Waals surface area contributed by atoms with E-state index >= 15 is 0 Å². The first-order chi connectivity index (χ1) is 13.5. The first-order valence-electron chi connectivity index (χ1n) is 8.99. The molecular weight excluding hydrogens is 362 g/mol. The average Bonchev–Trinajstić information content (AvgIpc) is 3.28. The highest BCUT2D eigenvalue weighted by Gasteiger charge is 2.33. The highest BCUT2D eigenvalue weighted by Crippen LogP contribution is 2.36. The van der Waals surface area contributed by atoms with Gasteiger partial charge in [-0.1, -0.05) is 6.07 Å². The first-order valence-corrected chi connectivity index (χ1v) is 8.99. The quantitative estimate of drug-likeness (QED) is 0.847. The van der Waals surface area contributed by atoms with Crippen molar-refractivity contribution < 1.29 is 23.8 Å². The second-order valence-electron chi connectivity index (χ2n) is 6.79. The van der Waals surface area contributed by atoms with Gasteiger partial charge in [0.05, 0.1) is 18.8 Å². The molecule has 1 saturated heterocycles. The molecule has 1 atom stereocenters. The van der Waals surface area contributed by atoms with Crippen molar-refractivity contribution >= 4 is 23.5 Å². The van der Waals surface area contributed by atoms with Gasteiger partial charge in [0, 0.05) is 11.8 Å². The van der Waals surface area contributed by atoms with Crippen LogP contribution in [0.5, 0.6) is 11.5 Å². The molecule has 0 aromatic heterocycles. The zero-order valence-electron chi connectivity index (χ0n) is 15.7. The molecule has 1 fully saturated rings. The van der Waals surface area contributed by atoms with Crippen LogP contribution in [0.3, 0.4) is 0 Å². The van der Waals surface area contributed by atoms with Gasteiger partial charge in [-0.3, -0.25) is 4.90 Å². The predicted octanol–water partition coefficient (Wildman–Crippen LogP) is 3.18. The number of ether oxygens (including phenoxy) is 3. The van der Waals surface area contributed by atoms with Gasteiger partial charge in [-0.15, -0.1) is 0 Å². The predicted molar refractivity (Wildman–Crippen MR) is 103 cm³/mol. The van der Waals surface area contributed by atoms with Crippen LogP contribution in [-0.4, -0.2) is 38.1 Å². The number of nitrogens with one attached hydrogen (secondary N) is 2. The molecule has 3 amide bonds. The van der Waals surface area contributed by atoms with Crippen LogP contribution < -0.4 is 25.0 Å². The van der Waals surface area contributed by atoms with Gasteiger partial charge < -0.3 is 24.8 Å². The smallest absolute Gasteiger partial charge is 0.414 e. The molecule has 8 heteroatoms. The first kappa shape index (κ1) is 18.0. The van der Waals surface area contributed by atoms with Gasteiger partial charge in [0.1, 0.15) is 6.10 Å².